The van der Waals surface area contributed by atoms with Crippen molar-refractivity contribution in [3.05, 3.63) is 18.4 Å². The number of rotatable bonds is 8. The lowest BCUT2D eigenvalue weighted by Crippen LogP contribution is -2.34. The number of alkyl halides is 3. The summed E-state index contributed by atoms with van der Waals surface area (Å²) in [6.07, 6.45) is -3.05. The lowest BCUT2D eigenvalue weighted by Gasteiger charge is -2.09. The number of nitrogens with zero attached hydrogens (tertiary/aromatic N) is 3. The molecule has 2 rings (SSSR count). The Hall–Kier alpha value is -2.50. The van der Waals surface area contributed by atoms with Crippen molar-refractivity contribution in [2.45, 2.75) is 24.3 Å². The predicted octanol–water partition coefficient (Wildman–Crippen LogP) is 1.18. The first-order valence-electron chi connectivity index (χ1n) is 6.98. The molecule has 0 aliphatic rings. The molecule has 136 valence electrons. The molecule has 8 nitrogen and oxygen atoms in total. The molecular weight excluding hydrogens is 363 g/mol. The molecule has 25 heavy (non-hydrogen) atoms. The van der Waals surface area contributed by atoms with E-state index < -0.39 is 24.5 Å². The molecule has 0 aliphatic carbocycles. The van der Waals surface area contributed by atoms with Crippen LogP contribution in [0.5, 0.6) is 0 Å². The molecular formula is C13H14F3N5O3S. The Morgan fingerprint density at radius 2 is 2.12 bits per heavy atom. The Morgan fingerprint density at radius 3 is 2.72 bits per heavy atom. The summed E-state index contributed by atoms with van der Waals surface area (Å²) in [7, 11) is 0. The van der Waals surface area contributed by atoms with Gasteiger partial charge in [0, 0.05) is 13.0 Å². The van der Waals surface area contributed by atoms with Crippen molar-refractivity contribution in [3.63, 3.8) is 0 Å². The van der Waals surface area contributed by atoms with Crippen molar-refractivity contribution in [1.29, 1.82) is 0 Å². The third-order valence-corrected chi connectivity index (χ3v) is 3.83. The van der Waals surface area contributed by atoms with Gasteiger partial charge in [0.1, 0.15) is 6.54 Å². The molecule has 2 amide bonds. The maximum atomic E-state index is 12.1. The smallest absolute Gasteiger partial charge is 0.405 e. The number of aromatic nitrogens is 3. The number of hydrogen-bond acceptors (Lipinski definition) is 6. The maximum Gasteiger partial charge on any atom is 0.405 e. The van der Waals surface area contributed by atoms with Gasteiger partial charge in [0.25, 0.3) is 0 Å². The van der Waals surface area contributed by atoms with E-state index >= 15 is 0 Å². The molecule has 0 aliphatic heterocycles. The summed E-state index contributed by atoms with van der Waals surface area (Å²) in [4.78, 5) is 22.5. The van der Waals surface area contributed by atoms with Gasteiger partial charge in [0.15, 0.2) is 16.7 Å². The number of carbonyl (C=O) groups is 2. The van der Waals surface area contributed by atoms with Crippen molar-refractivity contribution in [3.8, 4) is 11.6 Å². The van der Waals surface area contributed by atoms with Crippen LogP contribution in [0.3, 0.4) is 0 Å². The van der Waals surface area contributed by atoms with Crippen LogP contribution in [-0.2, 0) is 16.1 Å². The molecule has 2 aromatic heterocycles. The second-order valence-corrected chi connectivity index (χ2v) is 5.77. The zero-order valence-corrected chi connectivity index (χ0v) is 13.6. The fourth-order valence-corrected chi connectivity index (χ4v) is 2.58. The second kappa shape index (κ2) is 8.05. The highest BCUT2D eigenvalue weighted by atomic mass is 32.2. The molecule has 0 saturated carbocycles. The summed E-state index contributed by atoms with van der Waals surface area (Å²) in [6, 6.07) is 3.27. The number of nitrogens with one attached hydrogen (secondary N) is 1. The molecule has 2 heterocycles. The highest BCUT2D eigenvalue weighted by molar-refractivity contribution is 7.99. The number of thioether (sulfide) groups is 1. The van der Waals surface area contributed by atoms with E-state index in [1.807, 2.05) is 0 Å². The Balaban J connectivity index is 2.06. The summed E-state index contributed by atoms with van der Waals surface area (Å²) in [6.45, 7) is -1.26. The van der Waals surface area contributed by atoms with Crippen LogP contribution in [0.15, 0.2) is 28.0 Å². The number of nitrogens with two attached hydrogens (primary N) is 1. The van der Waals surface area contributed by atoms with Crippen LogP contribution < -0.4 is 11.1 Å². The molecule has 2 aromatic rings. The van der Waals surface area contributed by atoms with Gasteiger partial charge in [-0.05, 0) is 12.1 Å². The molecule has 0 saturated heterocycles. The molecule has 0 radical (unpaired) electrons. The van der Waals surface area contributed by atoms with Gasteiger partial charge in [-0.3, -0.25) is 14.2 Å². The number of carbonyl (C=O) groups excluding carboxylic acids is 2. The van der Waals surface area contributed by atoms with E-state index in [9.17, 15) is 22.8 Å². The van der Waals surface area contributed by atoms with Crippen LogP contribution in [0.1, 0.15) is 6.42 Å². The first-order valence-corrected chi connectivity index (χ1v) is 7.96. The van der Waals surface area contributed by atoms with E-state index in [0.29, 0.717) is 11.6 Å². The summed E-state index contributed by atoms with van der Waals surface area (Å²) in [5.41, 5.74) is 5.14. The molecule has 3 N–H and O–H groups in total. The third kappa shape index (κ3) is 5.81. The van der Waals surface area contributed by atoms with E-state index in [1.165, 1.54) is 10.8 Å². The Kier molecular flexibility index (Phi) is 6.07. The lowest BCUT2D eigenvalue weighted by atomic mass is 10.3. The number of halogens is 3. The molecule has 0 bridgehead atoms. The van der Waals surface area contributed by atoms with Gasteiger partial charge in [0.05, 0.1) is 12.0 Å². The summed E-state index contributed by atoms with van der Waals surface area (Å²) < 4.78 is 43.0. The largest absolute Gasteiger partial charge is 0.461 e. The lowest BCUT2D eigenvalue weighted by molar-refractivity contribution is -0.136. The predicted molar refractivity (Wildman–Crippen MR) is 81.3 cm³/mol. The van der Waals surface area contributed by atoms with Crippen LogP contribution >= 0.6 is 11.8 Å². The molecule has 0 aromatic carbocycles. The monoisotopic (exact) mass is 377 g/mol. The van der Waals surface area contributed by atoms with E-state index in [2.05, 4.69) is 10.2 Å². The molecule has 0 atom stereocenters. The minimum atomic E-state index is -4.48. The highest BCUT2D eigenvalue weighted by Gasteiger charge is 2.27. The minimum absolute atomic E-state index is 0.000418. The fourth-order valence-electron chi connectivity index (χ4n) is 1.79. The Morgan fingerprint density at radius 1 is 1.36 bits per heavy atom. The number of hydrogen-bond donors (Lipinski definition) is 2. The van der Waals surface area contributed by atoms with E-state index in [0.717, 1.165) is 11.8 Å². The zero-order valence-electron chi connectivity index (χ0n) is 12.7. The van der Waals surface area contributed by atoms with E-state index in [1.54, 1.807) is 17.4 Å². The van der Waals surface area contributed by atoms with Crippen molar-refractivity contribution >= 4 is 23.6 Å². The topological polar surface area (TPSA) is 116 Å². The van der Waals surface area contributed by atoms with Gasteiger partial charge in [-0.1, -0.05) is 11.8 Å². The number of furan rings is 1. The minimum Gasteiger partial charge on any atom is -0.461 e. The SMILES string of the molecule is NC(=O)CCn1c(SCC(=O)NCC(F)(F)F)nnc1-c1ccco1. The van der Waals surface area contributed by atoms with Gasteiger partial charge >= 0.3 is 6.18 Å². The number of amides is 2. The third-order valence-electron chi connectivity index (χ3n) is 2.86. The van der Waals surface area contributed by atoms with Gasteiger partial charge in [0.2, 0.25) is 11.8 Å². The average Bonchev–Trinajstić information content (AvgIpc) is 3.17. The first kappa shape index (κ1) is 18.8. The molecule has 0 spiro atoms. The number of primary amides is 1. The standard InChI is InChI=1S/C13H14F3N5O3S/c14-13(15,16)7-18-10(23)6-25-12-20-19-11(8-2-1-5-24-8)21(12)4-3-9(17)22/h1-2,5H,3-4,6-7H2,(H2,17,22)(H,18,23). The van der Waals surface area contributed by atoms with Gasteiger partial charge < -0.3 is 15.5 Å². The average molecular weight is 377 g/mol. The van der Waals surface area contributed by atoms with Crippen molar-refractivity contribution in [1.82, 2.24) is 20.1 Å². The molecule has 12 heteroatoms. The van der Waals surface area contributed by atoms with Gasteiger partial charge in [-0.15, -0.1) is 10.2 Å². The maximum absolute atomic E-state index is 12.1. The molecule has 0 unspecified atom stereocenters. The summed E-state index contributed by atoms with van der Waals surface area (Å²) in [5.74, 6) is -0.915. The van der Waals surface area contributed by atoms with Crippen molar-refractivity contribution in [2.75, 3.05) is 12.3 Å². The van der Waals surface area contributed by atoms with Crippen LogP contribution in [0.2, 0.25) is 0 Å². The second-order valence-electron chi connectivity index (χ2n) is 4.83. The van der Waals surface area contributed by atoms with Crippen LogP contribution in [0.4, 0.5) is 13.2 Å². The van der Waals surface area contributed by atoms with Crippen molar-refractivity contribution in [2.24, 2.45) is 5.73 Å². The quantitative estimate of drug-likeness (QED) is 0.668. The van der Waals surface area contributed by atoms with Crippen LogP contribution in [0.25, 0.3) is 11.6 Å². The van der Waals surface area contributed by atoms with Crippen molar-refractivity contribution < 1.29 is 27.2 Å². The Bertz CT molecular complexity index is 730. The van der Waals surface area contributed by atoms with Crippen LogP contribution in [-0.4, -0.2) is 45.1 Å². The summed E-state index contributed by atoms with van der Waals surface area (Å²) in [5, 5.41) is 9.85. The normalized spacial score (nSPS) is 11.5. The summed E-state index contributed by atoms with van der Waals surface area (Å²) >= 11 is 0.892. The fraction of sp³-hybridized carbons (Fsp3) is 0.385. The Labute approximate surface area is 143 Å². The van der Waals surface area contributed by atoms with E-state index in [4.69, 9.17) is 10.2 Å². The highest BCUT2D eigenvalue weighted by Crippen LogP contribution is 2.24. The first-order chi connectivity index (χ1) is 11.8. The van der Waals surface area contributed by atoms with E-state index in [-0.39, 0.29) is 23.9 Å². The zero-order chi connectivity index (χ0) is 18.4. The van der Waals surface area contributed by atoms with Crippen LogP contribution in [0, 0.1) is 0 Å². The molecule has 0 fully saturated rings. The van der Waals surface area contributed by atoms with Gasteiger partial charge in [-0.2, -0.15) is 13.2 Å². The van der Waals surface area contributed by atoms with Gasteiger partial charge in [-0.25, -0.2) is 0 Å².